The molecule has 0 fully saturated rings. The molecule has 9 heteroatoms. The number of benzene rings is 3. The number of unbranched alkanes of at least 4 members (excludes halogenated alkanes) is 2. The molecule has 0 saturated carbocycles. The first-order chi connectivity index (χ1) is 20.5. The SMILES string of the molecule is CCCCOc1ccc(-c2nc(-c3ccc(OCCCC)cc3)nc(-c3ccc(OCC(=O)OCC)cc3O)n2)cc1. The molecule has 3 aromatic carbocycles. The summed E-state index contributed by atoms with van der Waals surface area (Å²) in [6, 6.07) is 19.9. The van der Waals surface area contributed by atoms with Gasteiger partial charge in [0.05, 0.1) is 25.4 Å². The van der Waals surface area contributed by atoms with E-state index in [-0.39, 0.29) is 24.8 Å². The first-order valence-electron chi connectivity index (χ1n) is 14.3. The summed E-state index contributed by atoms with van der Waals surface area (Å²) in [6.07, 6.45) is 4.10. The van der Waals surface area contributed by atoms with E-state index in [1.165, 1.54) is 6.07 Å². The fourth-order valence-electron chi connectivity index (χ4n) is 3.96. The highest BCUT2D eigenvalue weighted by Crippen LogP contribution is 2.33. The van der Waals surface area contributed by atoms with Crippen molar-refractivity contribution in [1.82, 2.24) is 15.0 Å². The number of esters is 1. The van der Waals surface area contributed by atoms with Crippen molar-refractivity contribution in [2.45, 2.75) is 46.5 Å². The van der Waals surface area contributed by atoms with E-state index in [1.807, 2.05) is 48.5 Å². The average Bonchev–Trinajstić information content (AvgIpc) is 3.01. The van der Waals surface area contributed by atoms with Crippen LogP contribution in [0, 0.1) is 0 Å². The standard InChI is InChI=1S/C33H37N3O6/c1-4-7-19-40-25-13-9-23(10-14-25)31-34-32(24-11-15-26(16-12-24)41-20-8-5-2)36-33(35-31)28-18-17-27(21-29(28)37)42-22-30(38)39-6-3/h9-18,21,37H,4-8,19-20,22H2,1-3H3. The minimum atomic E-state index is -0.489. The third-order valence-electron chi connectivity index (χ3n) is 6.27. The molecule has 4 rings (SSSR count). The third-order valence-corrected chi connectivity index (χ3v) is 6.27. The molecule has 1 heterocycles. The quantitative estimate of drug-likeness (QED) is 0.120. The summed E-state index contributed by atoms with van der Waals surface area (Å²) >= 11 is 0. The molecule has 0 atom stereocenters. The molecule has 0 bridgehead atoms. The lowest BCUT2D eigenvalue weighted by molar-refractivity contribution is -0.145. The van der Waals surface area contributed by atoms with Gasteiger partial charge in [0, 0.05) is 17.2 Å². The van der Waals surface area contributed by atoms with Crippen LogP contribution in [0.5, 0.6) is 23.0 Å². The van der Waals surface area contributed by atoms with Gasteiger partial charge >= 0.3 is 5.97 Å². The Balaban J connectivity index is 1.66. The number of aromatic nitrogens is 3. The summed E-state index contributed by atoms with van der Waals surface area (Å²) in [5, 5.41) is 10.9. The van der Waals surface area contributed by atoms with Crippen LogP contribution in [0.15, 0.2) is 66.7 Å². The van der Waals surface area contributed by atoms with E-state index >= 15 is 0 Å². The van der Waals surface area contributed by atoms with Gasteiger partial charge < -0.3 is 24.1 Å². The molecule has 0 aliphatic heterocycles. The molecule has 0 saturated heterocycles. The van der Waals surface area contributed by atoms with Crippen molar-refractivity contribution in [3.8, 4) is 57.2 Å². The Morgan fingerprint density at radius 3 is 1.64 bits per heavy atom. The molecule has 0 aliphatic carbocycles. The number of phenols is 1. The maximum atomic E-state index is 11.7. The first kappa shape index (κ1) is 30.3. The van der Waals surface area contributed by atoms with E-state index < -0.39 is 5.97 Å². The zero-order valence-electron chi connectivity index (χ0n) is 24.3. The topological polar surface area (TPSA) is 113 Å². The van der Waals surface area contributed by atoms with Crippen LogP contribution in [0.3, 0.4) is 0 Å². The van der Waals surface area contributed by atoms with E-state index in [2.05, 4.69) is 13.8 Å². The predicted octanol–water partition coefficient (Wildman–Crippen LogP) is 6.88. The maximum Gasteiger partial charge on any atom is 0.344 e. The van der Waals surface area contributed by atoms with Crippen LogP contribution < -0.4 is 14.2 Å². The largest absolute Gasteiger partial charge is 0.507 e. The van der Waals surface area contributed by atoms with Crippen LogP contribution >= 0.6 is 0 Å². The van der Waals surface area contributed by atoms with Gasteiger partial charge in [-0.3, -0.25) is 0 Å². The van der Waals surface area contributed by atoms with E-state index in [4.69, 9.17) is 33.9 Å². The molecule has 1 aromatic heterocycles. The monoisotopic (exact) mass is 571 g/mol. The number of ether oxygens (including phenoxy) is 4. The molecular weight excluding hydrogens is 534 g/mol. The van der Waals surface area contributed by atoms with Crippen molar-refractivity contribution in [3.63, 3.8) is 0 Å². The number of rotatable bonds is 15. The van der Waals surface area contributed by atoms with Crippen molar-refractivity contribution in [1.29, 1.82) is 0 Å². The van der Waals surface area contributed by atoms with Gasteiger partial charge in [-0.05, 0) is 80.4 Å². The zero-order chi connectivity index (χ0) is 29.7. The van der Waals surface area contributed by atoms with Gasteiger partial charge in [0.2, 0.25) is 0 Å². The summed E-state index contributed by atoms with van der Waals surface area (Å²) < 4.78 is 22.0. The van der Waals surface area contributed by atoms with Gasteiger partial charge in [-0.2, -0.15) is 0 Å². The molecule has 42 heavy (non-hydrogen) atoms. The van der Waals surface area contributed by atoms with Gasteiger partial charge in [0.15, 0.2) is 24.1 Å². The Morgan fingerprint density at radius 2 is 1.17 bits per heavy atom. The van der Waals surface area contributed by atoms with Crippen LogP contribution in [0.2, 0.25) is 0 Å². The highest BCUT2D eigenvalue weighted by molar-refractivity contribution is 5.72. The Hall–Kier alpha value is -4.66. The molecular formula is C33H37N3O6. The van der Waals surface area contributed by atoms with Crippen LogP contribution in [-0.2, 0) is 9.53 Å². The lowest BCUT2D eigenvalue weighted by Gasteiger charge is -2.12. The van der Waals surface area contributed by atoms with Gasteiger partial charge in [-0.25, -0.2) is 19.7 Å². The van der Waals surface area contributed by atoms with E-state index in [0.717, 1.165) is 48.3 Å². The number of phenolic OH excluding ortho intramolecular Hbond substituents is 1. The predicted molar refractivity (Wildman–Crippen MR) is 161 cm³/mol. The molecule has 0 amide bonds. The zero-order valence-corrected chi connectivity index (χ0v) is 24.3. The normalized spacial score (nSPS) is 10.7. The highest BCUT2D eigenvalue weighted by Gasteiger charge is 2.16. The highest BCUT2D eigenvalue weighted by atomic mass is 16.6. The Labute approximate surface area is 246 Å². The van der Waals surface area contributed by atoms with Gasteiger partial charge in [0.25, 0.3) is 0 Å². The van der Waals surface area contributed by atoms with Crippen LogP contribution in [-0.4, -0.2) is 52.5 Å². The van der Waals surface area contributed by atoms with Gasteiger partial charge in [-0.1, -0.05) is 26.7 Å². The fourth-order valence-corrected chi connectivity index (χ4v) is 3.96. The number of nitrogens with zero attached hydrogens (tertiary/aromatic N) is 3. The molecule has 9 nitrogen and oxygen atoms in total. The minimum Gasteiger partial charge on any atom is -0.507 e. The van der Waals surface area contributed by atoms with Crippen molar-refractivity contribution in [3.05, 3.63) is 66.7 Å². The maximum absolute atomic E-state index is 11.7. The van der Waals surface area contributed by atoms with Crippen LogP contribution in [0.1, 0.15) is 46.5 Å². The molecule has 0 unspecified atom stereocenters. The van der Waals surface area contributed by atoms with Crippen molar-refractivity contribution < 1.29 is 28.8 Å². The summed E-state index contributed by atoms with van der Waals surface area (Å²) in [7, 11) is 0. The van der Waals surface area contributed by atoms with Gasteiger partial charge in [0.1, 0.15) is 23.0 Å². The Kier molecular flexibility index (Phi) is 11.1. The summed E-state index contributed by atoms with van der Waals surface area (Å²) in [5.41, 5.74) is 1.94. The molecule has 4 aromatic rings. The van der Waals surface area contributed by atoms with Gasteiger partial charge in [-0.15, -0.1) is 0 Å². The molecule has 220 valence electrons. The van der Waals surface area contributed by atoms with Crippen molar-refractivity contribution in [2.75, 3.05) is 26.4 Å². The summed E-state index contributed by atoms with van der Waals surface area (Å²) in [6.45, 7) is 7.29. The van der Waals surface area contributed by atoms with E-state index in [9.17, 15) is 9.90 Å². The molecule has 0 spiro atoms. The fraction of sp³-hybridized carbons (Fsp3) is 0.333. The summed E-state index contributed by atoms with van der Waals surface area (Å²) in [5.74, 6) is 2.45. The smallest absolute Gasteiger partial charge is 0.344 e. The summed E-state index contributed by atoms with van der Waals surface area (Å²) in [4.78, 5) is 25.8. The minimum absolute atomic E-state index is 0.0983. The second-order valence-corrected chi connectivity index (χ2v) is 9.53. The molecule has 0 radical (unpaired) electrons. The van der Waals surface area contributed by atoms with E-state index in [1.54, 1.807) is 19.1 Å². The lowest BCUT2D eigenvalue weighted by atomic mass is 10.1. The molecule has 1 N–H and O–H groups in total. The second-order valence-electron chi connectivity index (χ2n) is 9.53. The average molecular weight is 572 g/mol. The number of carbonyl (C=O) groups is 1. The lowest BCUT2D eigenvalue weighted by Crippen LogP contribution is -2.14. The number of aromatic hydroxyl groups is 1. The second kappa shape index (κ2) is 15.4. The first-order valence-corrected chi connectivity index (χ1v) is 14.3. The van der Waals surface area contributed by atoms with E-state index in [0.29, 0.717) is 36.2 Å². The van der Waals surface area contributed by atoms with Crippen LogP contribution in [0.4, 0.5) is 0 Å². The third kappa shape index (κ3) is 8.42. The van der Waals surface area contributed by atoms with Crippen molar-refractivity contribution in [2.24, 2.45) is 0 Å². The number of carbonyl (C=O) groups excluding carboxylic acids is 1. The number of hydrogen-bond acceptors (Lipinski definition) is 9. The van der Waals surface area contributed by atoms with Crippen molar-refractivity contribution >= 4 is 5.97 Å². The number of hydrogen-bond donors (Lipinski definition) is 1. The Morgan fingerprint density at radius 1 is 0.667 bits per heavy atom. The molecule has 0 aliphatic rings. The van der Waals surface area contributed by atoms with Crippen LogP contribution in [0.25, 0.3) is 34.2 Å². The Bertz CT molecular complexity index is 1370.